The fraction of sp³-hybridized carbons (Fsp3) is 0.125. The zero-order valence-electron chi connectivity index (χ0n) is 11.4. The van der Waals surface area contributed by atoms with Gasteiger partial charge in [-0.2, -0.15) is 0 Å². The lowest BCUT2D eigenvalue weighted by Gasteiger charge is -2.16. The van der Waals surface area contributed by atoms with Gasteiger partial charge < -0.3 is 11.5 Å². The van der Waals surface area contributed by atoms with Crippen molar-refractivity contribution in [3.05, 3.63) is 58.7 Å². The highest BCUT2D eigenvalue weighted by Crippen LogP contribution is 2.31. The van der Waals surface area contributed by atoms with E-state index in [2.05, 4.69) is 0 Å². The first-order chi connectivity index (χ1) is 9.43. The molecule has 4 heteroatoms. The molecule has 4 N–H and O–H groups in total. The lowest BCUT2D eigenvalue weighted by Crippen LogP contribution is -2.19. The van der Waals surface area contributed by atoms with Gasteiger partial charge in [-0.15, -0.1) is 0 Å². The van der Waals surface area contributed by atoms with Gasteiger partial charge >= 0.3 is 0 Å². The SMILES string of the molecule is Cc1cc(C(N)=O)c(C)c(-c2ccccc2)c1C(N)=O. The monoisotopic (exact) mass is 268 g/mol. The van der Waals surface area contributed by atoms with Crippen molar-refractivity contribution in [3.8, 4) is 11.1 Å². The maximum Gasteiger partial charge on any atom is 0.249 e. The summed E-state index contributed by atoms with van der Waals surface area (Å²) in [5.74, 6) is -1.03. The normalized spacial score (nSPS) is 10.3. The minimum absolute atomic E-state index is 0.409. The molecule has 4 nitrogen and oxygen atoms in total. The van der Waals surface area contributed by atoms with Gasteiger partial charge in [-0.05, 0) is 42.2 Å². The third kappa shape index (κ3) is 2.28. The third-order valence-corrected chi connectivity index (χ3v) is 3.36. The fourth-order valence-electron chi connectivity index (χ4n) is 2.46. The van der Waals surface area contributed by atoms with Crippen molar-refractivity contribution in [1.29, 1.82) is 0 Å². The van der Waals surface area contributed by atoms with E-state index in [-0.39, 0.29) is 0 Å². The van der Waals surface area contributed by atoms with Crippen molar-refractivity contribution < 1.29 is 9.59 Å². The van der Waals surface area contributed by atoms with Gasteiger partial charge in [-0.1, -0.05) is 30.3 Å². The summed E-state index contributed by atoms with van der Waals surface area (Å²) in [5.41, 5.74) is 14.6. The van der Waals surface area contributed by atoms with Gasteiger partial charge in [0, 0.05) is 5.56 Å². The molecule has 102 valence electrons. The van der Waals surface area contributed by atoms with Crippen LogP contribution in [0, 0.1) is 13.8 Å². The molecule has 0 saturated heterocycles. The molecule has 0 saturated carbocycles. The Balaban J connectivity index is 2.88. The van der Waals surface area contributed by atoms with Crippen LogP contribution in [0.15, 0.2) is 36.4 Å². The number of carbonyl (C=O) groups is 2. The Morgan fingerprint density at radius 3 is 2.05 bits per heavy atom. The Bertz CT molecular complexity index is 691. The van der Waals surface area contributed by atoms with Crippen LogP contribution in [0.5, 0.6) is 0 Å². The molecule has 2 rings (SSSR count). The largest absolute Gasteiger partial charge is 0.366 e. The highest BCUT2D eigenvalue weighted by molar-refractivity contribution is 6.05. The molecule has 0 fully saturated rings. The van der Waals surface area contributed by atoms with E-state index >= 15 is 0 Å². The summed E-state index contributed by atoms with van der Waals surface area (Å²) in [5, 5.41) is 0. The van der Waals surface area contributed by atoms with Crippen LogP contribution in [0.4, 0.5) is 0 Å². The van der Waals surface area contributed by atoms with Crippen LogP contribution < -0.4 is 11.5 Å². The van der Waals surface area contributed by atoms with Gasteiger partial charge in [0.25, 0.3) is 0 Å². The van der Waals surface area contributed by atoms with Gasteiger partial charge in [-0.25, -0.2) is 0 Å². The molecule has 0 bridgehead atoms. The number of amides is 2. The molecule has 20 heavy (non-hydrogen) atoms. The van der Waals surface area contributed by atoms with Crippen LogP contribution in [0.25, 0.3) is 11.1 Å². The van der Waals surface area contributed by atoms with Gasteiger partial charge in [0.05, 0.1) is 5.56 Å². The van der Waals surface area contributed by atoms with E-state index in [1.807, 2.05) is 30.3 Å². The fourth-order valence-corrected chi connectivity index (χ4v) is 2.46. The molecule has 0 unspecified atom stereocenters. The summed E-state index contributed by atoms with van der Waals surface area (Å²) in [6.45, 7) is 3.52. The number of hydrogen-bond acceptors (Lipinski definition) is 2. The van der Waals surface area contributed by atoms with Crippen molar-refractivity contribution >= 4 is 11.8 Å². The lowest BCUT2D eigenvalue weighted by molar-refractivity contribution is 0.0987. The molecule has 2 amide bonds. The summed E-state index contributed by atoms with van der Waals surface area (Å²) in [4.78, 5) is 23.3. The molecule has 0 aromatic heterocycles. The number of hydrogen-bond donors (Lipinski definition) is 2. The molecule has 0 heterocycles. The molecular formula is C16H16N2O2. The van der Waals surface area contributed by atoms with Gasteiger partial charge in [0.2, 0.25) is 11.8 Å². The molecule has 0 aliphatic carbocycles. The van der Waals surface area contributed by atoms with E-state index in [9.17, 15) is 9.59 Å². The zero-order valence-corrected chi connectivity index (χ0v) is 11.4. The predicted octanol–water partition coefficient (Wildman–Crippen LogP) is 2.17. The Morgan fingerprint density at radius 1 is 0.950 bits per heavy atom. The van der Waals surface area contributed by atoms with Crippen LogP contribution in [-0.4, -0.2) is 11.8 Å². The van der Waals surface area contributed by atoms with Crippen molar-refractivity contribution in [2.45, 2.75) is 13.8 Å². The maximum atomic E-state index is 11.8. The van der Waals surface area contributed by atoms with Crippen LogP contribution in [0.3, 0.4) is 0 Å². The number of nitrogens with two attached hydrogens (primary N) is 2. The molecule has 0 aliphatic heterocycles. The molecular weight excluding hydrogens is 252 g/mol. The topological polar surface area (TPSA) is 86.2 Å². The lowest BCUT2D eigenvalue weighted by atomic mass is 9.88. The minimum Gasteiger partial charge on any atom is -0.366 e. The van der Waals surface area contributed by atoms with Crippen molar-refractivity contribution in [3.63, 3.8) is 0 Å². The second kappa shape index (κ2) is 5.17. The standard InChI is InChI=1S/C16H16N2O2/c1-9-8-12(15(17)19)10(2)14(13(9)16(18)20)11-6-4-3-5-7-11/h3-8H,1-2H3,(H2,17,19)(H2,18,20). The first-order valence-corrected chi connectivity index (χ1v) is 6.22. The average Bonchev–Trinajstić information content (AvgIpc) is 2.40. The van der Waals surface area contributed by atoms with Crippen molar-refractivity contribution in [1.82, 2.24) is 0 Å². The molecule has 2 aromatic carbocycles. The van der Waals surface area contributed by atoms with Gasteiger partial charge in [0.1, 0.15) is 0 Å². The Kier molecular flexibility index (Phi) is 3.57. The van der Waals surface area contributed by atoms with E-state index in [1.165, 1.54) is 0 Å². The van der Waals surface area contributed by atoms with Crippen LogP contribution in [0.1, 0.15) is 31.8 Å². The maximum absolute atomic E-state index is 11.8. The minimum atomic E-state index is -0.515. The van der Waals surface area contributed by atoms with Crippen LogP contribution >= 0.6 is 0 Å². The van der Waals surface area contributed by atoms with E-state index in [0.29, 0.717) is 27.8 Å². The second-order valence-electron chi connectivity index (χ2n) is 4.71. The van der Waals surface area contributed by atoms with E-state index in [1.54, 1.807) is 19.9 Å². The van der Waals surface area contributed by atoms with Crippen molar-refractivity contribution in [2.75, 3.05) is 0 Å². The number of aryl methyl sites for hydroxylation is 1. The van der Waals surface area contributed by atoms with Crippen LogP contribution in [-0.2, 0) is 0 Å². The molecule has 2 aromatic rings. The van der Waals surface area contributed by atoms with Gasteiger partial charge in [0.15, 0.2) is 0 Å². The average molecular weight is 268 g/mol. The Morgan fingerprint density at radius 2 is 1.55 bits per heavy atom. The highest BCUT2D eigenvalue weighted by Gasteiger charge is 2.20. The van der Waals surface area contributed by atoms with Gasteiger partial charge in [-0.3, -0.25) is 9.59 Å². The van der Waals surface area contributed by atoms with E-state index in [4.69, 9.17) is 11.5 Å². The van der Waals surface area contributed by atoms with E-state index in [0.717, 1.165) is 5.56 Å². The summed E-state index contributed by atoms with van der Waals surface area (Å²) < 4.78 is 0. The zero-order chi connectivity index (χ0) is 14.9. The number of carbonyl (C=O) groups excluding carboxylic acids is 2. The molecule has 0 aliphatic rings. The summed E-state index contributed by atoms with van der Waals surface area (Å²) in [7, 11) is 0. The smallest absolute Gasteiger partial charge is 0.249 e. The Labute approximate surface area is 117 Å². The molecule has 0 radical (unpaired) electrons. The third-order valence-electron chi connectivity index (χ3n) is 3.36. The molecule has 0 atom stereocenters. The number of primary amides is 2. The van der Waals surface area contributed by atoms with E-state index < -0.39 is 11.8 Å². The van der Waals surface area contributed by atoms with Crippen molar-refractivity contribution in [2.24, 2.45) is 11.5 Å². The molecule has 0 spiro atoms. The Hall–Kier alpha value is -2.62. The number of benzene rings is 2. The highest BCUT2D eigenvalue weighted by atomic mass is 16.1. The summed E-state index contributed by atoms with van der Waals surface area (Å²) in [6, 6.07) is 11.0. The first kappa shape index (κ1) is 13.8. The predicted molar refractivity (Wildman–Crippen MR) is 78.4 cm³/mol. The summed E-state index contributed by atoms with van der Waals surface area (Å²) in [6.07, 6.45) is 0. The second-order valence-corrected chi connectivity index (χ2v) is 4.71. The summed E-state index contributed by atoms with van der Waals surface area (Å²) >= 11 is 0. The quantitative estimate of drug-likeness (QED) is 0.893. The first-order valence-electron chi connectivity index (χ1n) is 6.22. The van der Waals surface area contributed by atoms with Crippen LogP contribution in [0.2, 0.25) is 0 Å². The number of rotatable bonds is 3.